The van der Waals surface area contributed by atoms with Crippen molar-refractivity contribution in [1.29, 1.82) is 0 Å². The highest BCUT2D eigenvalue weighted by Crippen LogP contribution is 2.43. The summed E-state index contributed by atoms with van der Waals surface area (Å²) in [5.41, 5.74) is 0. The number of phosphoric acid groups is 1. The molecule has 424 valence electrons. The molecule has 0 aromatic rings. The average molecular weight is 1030 g/mol. The summed E-state index contributed by atoms with van der Waals surface area (Å²) in [5.74, 6) is -0.190. The van der Waals surface area contributed by atoms with Gasteiger partial charge in [-0.15, -0.1) is 0 Å². The van der Waals surface area contributed by atoms with Crippen molar-refractivity contribution in [3.8, 4) is 0 Å². The van der Waals surface area contributed by atoms with Crippen LogP contribution in [0.3, 0.4) is 0 Å². The van der Waals surface area contributed by atoms with E-state index in [1.807, 2.05) is 27.2 Å². The Morgan fingerprint density at radius 3 is 1.17 bits per heavy atom. The number of likely N-dealkylation sites (N-methyl/N-ethyl adjacent to an activating group) is 1. The Hall–Kier alpha value is -1.54. The van der Waals surface area contributed by atoms with Gasteiger partial charge < -0.3 is 19.8 Å². The zero-order valence-electron chi connectivity index (χ0n) is 48.4. The first-order valence-corrected chi connectivity index (χ1v) is 32.5. The van der Waals surface area contributed by atoms with Crippen molar-refractivity contribution < 1.29 is 32.9 Å². The zero-order valence-corrected chi connectivity index (χ0v) is 49.3. The lowest BCUT2D eigenvalue weighted by atomic mass is 10.0. The largest absolute Gasteiger partial charge is 0.472 e. The van der Waals surface area contributed by atoms with Crippen molar-refractivity contribution in [2.24, 2.45) is 0 Å². The highest BCUT2D eigenvalue weighted by atomic mass is 31.2. The Morgan fingerprint density at radius 2 is 0.792 bits per heavy atom. The van der Waals surface area contributed by atoms with Gasteiger partial charge in [0.2, 0.25) is 5.91 Å². The van der Waals surface area contributed by atoms with Crippen LogP contribution in [0.2, 0.25) is 0 Å². The lowest BCUT2D eigenvalue weighted by molar-refractivity contribution is -0.870. The molecule has 0 radical (unpaired) electrons. The number of allylic oxidation sites excluding steroid dienone is 7. The SMILES string of the molecule is CCC/C=C/CC/C=C/CC/C=C/C(O)C(COP(=O)(O)OCC[N+](C)(C)C)NC(=O)CCCCCCCCCCCCCCCCCCC/C=C\CCCCCCCCCCCCCCCCCCCC. The van der Waals surface area contributed by atoms with Crippen molar-refractivity contribution in [1.82, 2.24) is 5.32 Å². The van der Waals surface area contributed by atoms with Crippen molar-refractivity contribution in [3.63, 3.8) is 0 Å². The molecule has 0 saturated carbocycles. The number of quaternary nitrogens is 1. The standard InChI is InChI=1S/C63H121N2O6P/c1-6-8-10-12-14-16-18-19-20-21-22-23-24-25-26-27-28-29-30-31-32-33-34-35-36-37-38-39-40-41-42-43-44-45-47-49-51-53-55-57-63(67)64-61(60-71-72(68,69)70-59-58-65(3,4)5)62(66)56-54-52-50-48-46-17-15-13-11-9-7-2/h11,13,31-32,46,48,54,56,61-62,66H,6-10,12,14-30,33-45,47,49-53,55,57-60H2,1-5H3,(H-,64,67,68,69)/p+1/b13-11+,32-31-,48-46+,56-54+. The molecular formula is C63H122N2O6P+. The van der Waals surface area contributed by atoms with Crippen molar-refractivity contribution in [2.75, 3.05) is 40.9 Å². The Balaban J connectivity index is 3.85. The van der Waals surface area contributed by atoms with E-state index in [1.165, 1.54) is 225 Å². The number of carbonyl (C=O) groups excluding carboxylic acids is 1. The summed E-state index contributed by atoms with van der Waals surface area (Å²) in [4.78, 5) is 23.2. The van der Waals surface area contributed by atoms with Gasteiger partial charge in [-0.1, -0.05) is 274 Å². The number of amides is 1. The molecule has 0 aliphatic heterocycles. The van der Waals surface area contributed by atoms with Crippen LogP contribution in [0.1, 0.15) is 296 Å². The quantitative estimate of drug-likeness (QED) is 0.0243. The van der Waals surface area contributed by atoms with E-state index < -0.39 is 20.0 Å². The molecule has 0 aliphatic rings. The first kappa shape index (κ1) is 70.5. The normalized spacial score (nSPS) is 14.2. The fraction of sp³-hybridized carbons (Fsp3) is 0.857. The van der Waals surface area contributed by atoms with Gasteiger partial charge in [-0.05, 0) is 64.2 Å². The summed E-state index contributed by atoms with van der Waals surface area (Å²) < 4.78 is 23.6. The third kappa shape index (κ3) is 56.2. The average Bonchev–Trinajstić information content (AvgIpc) is 3.34. The van der Waals surface area contributed by atoms with E-state index in [9.17, 15) is 19.4 Å². The summed E-state index contributed by atoms with van der Waals surface area (Å²) >= 11 is 0. The smallest absolute Gasteiger partial charge is 0.387 e. The maximum Gasteiger partial charge on any atom is 0.472 e. The minimum atomic E-state index is -4.35. The number of hydrogen-bond donors (Lipinski definition) is 3. The maximum atomic E-state index is 12.9. The number of aliphatic hydroxyl groups is 1. The van der Waals surface area contributed by atoms with Gasteiger partial charge in [0.15, 0.2) is 0 Å². The number of rotatable bonds is 57. The van der Waals surface area contributed by atoms with Crippen LogP contribution in [-0.2, 0) is 18.4 Å². The van der Waals surface area contributed by atoms with Crippen molar-refractivity contribution in [2.45, 2.75) is 309 Å². The Bertz CT molecular complexity index is 1310. The molecule has 3 N–H and O–H groups in total. The van der Waals surface area contributed by atoms with E-state index in [0.29, 0.717) is 17.4 Å². The molecule has 0 aromatic heterocycles. The highest BCUT2D eigenvalue weighted by molar-refractivity contribution is 7.47. The van der Waals surface area contributed by atoms with Crippen LogP contribution < -0.4 is 5.32 Å². The number of nitrogens with one attached hydrogen (secondary N) is 1. The van der Waals surface area contributed by atoms with Gasteiger partial charge in [0, 0.05) is 6.42 Å². The van der Waals surface area contributed by atoms with Gasteiger partial charge in [-0.2, -0.15) is 0 Å². The number of aliphatic hydroxyl groups excluding tert-OH is 1. The second-order valence-electron chi connectivity index (χ2n) is 22.4. The van der Waals surface area contributed by atoms with Gasteiger partial charge in [-0.25, -0.2) is 4.57 Å². The minimum absolute atomic E-state index is 0.0534. The molecule has 0 bridgehead atoms. The monoisotopic (exact) mass is 1030 g/mol. The van der Waals surface area contributed by atoms with E-state index in [4.69, 9.17) is 9.05 Å². The predicted octanol–water partition coefficient (Wildman–Crippen LogP) is 19.1. The number of hydrogen-bond acceptors (Lipinski definition) is 5. The molecular weight excluding hydrogens is 912 g/mol. The Kier molecular flexibility index (Phi) is 53.1. The molecule has 0 heterocycles. The van der Waals surface area contributed by atoms with E-state index in [1.54, 1.807) is 6.08 Å². The molecule has 72 heavy (non-hydrogen) atoms. The summed E-state index contributed by atoms with van der Waals surface area (Å²) in [6, 6.07) is -0.868. The van der Waals surface area contributed by atoms with Crippen LogP contribution in [0.25, 0.3) is 0 Å². The first-order chi connectivity index (χ1) is 35.0. The second-order valence-corrected chi connectivity index (χ2v) is 23.9. The lowest BCUT2D eigenvalue weighted by Crippen LogP contribution is -2.45. The number of nitrogens with zero attached hydrogens (tertiary/aromatic N) is 1. The van der Waals surface area contributed by atoms with E-state index in [0.717, 1.165) is 51.4 Å². The molecule has 0 aromatic carbocycles. The van der Waals surface area contributed by atoms with Crippen molar-refractivity contribution in [3.05, 3.63) is 48.6 Å². The highest BCUT2D eigenvalue weighted by Gasteiger charge is 2.27. The topological polar surface area (TPSA) is 105 Å². The van der Waals surface area contributed by atoms with Crippen LogP contribution in [0.5, 0.6) is 0 Å². The number of phosphoric ester groups is 1. The Labute approximate surface area is 448 Å². The molecule has 8 nitrogen and oxygen atoms in total. The Morgan fingerprint density at radius 1 is 0.458 bits per heavy atom. The second kappa shape index (κ2) is 54.3. The third-order valence-corrected chi connectivity index (χ3v) is 15.0. The van der Waals surface area contributed by atoms with Crippen LogP contribution >= 0.6 is 7.82 Å². The predicted molar refractivity (Wildman–Crippen MR) is 314 cm³/mol. The van der Waals surface area contributed by atoms with Gasteiger partial charge in [0.05, 0.1) is 39.9 Å². The molecule has 3 unspecified atom stereocenters. The molecule has 9 heteroatoms. The molecule has 0 aliphatic carbocycles. The van der Waals surface area contributed by atoms with E-state index in [2.05, 4.69) is 55.6 Å². The van der Waals surface area contributed by atoms with Gasteiger partial charge in [0.25, 0.3) is 0 Å². The zero-order chi connectivity index (χ0) is 52.7. The van der Waals surface area contributed by atoms with E-state index >= 15 is 0 Å². The minimum Gasteiger partial charge on any atom is -0.387 e. The summed E-state index contributed by atoms with van der Waals surface area (Å²) in [6.45, 7) is 4.73. The summed E-state index contributed by atoms with van der Waals surface area (Å²) in [6.07, 6.45) is 72.8. The maximum absolute atomic E-state index is 12.9. The first-order valence-electron chi connectivity index (χ1n) is 31.0. The molecule has 0 rings (SSSR count). The molecule has 0 fully saturated rings. The molecule has 0 saturated heterocycles. The van der Waals surface area contributed by atoms with Crippen LogP contribution in [0.4, 0.5) is 0 Å². The van der Waals surface area contributed by atoms with Gasteiger partial charge in [-0.3, -0.25) is 13.8 Å². The van der Waals surface area contributed by atoms with Gasteiger partial charge >= 0.3 is 7.82 Å². The summed E-state index contributed by atoms with van der Waals surface area (Å²) in [7, 11) is 1.55. The van der Waals surface area contributed by atoms with E-state index in [-0.39, 0.29) is 19.1 Å². The van der Waals surface area contributed by atoms with Crippen LogP contribution in [0.15, 0.2) is 48.6 Å². The fourth-order valence-electron chi connectivity index (χ4n) is 9.14. The number of unbranched alkanes of at least 4 members (excludes halogenated alkanes) is 38. The molecule has 1 amide bonds. The molecule has 3 atom stereocenters. The molecule has 0 spiro atoms. The number of carbonyl (C=O) groups is 1. The van der Waals surface area contributed by atoms with Gasteiger partial charge in [0.1, 0.15) is 13.2 Å². The fourth-order valence-corrected chi connectivity index (χ4v) is 9.87. The lowest BCUT2D eigenvalue weighted by Gasteiger charge is -2.25. The van der Waals surface area contributed by atoms with Crippen molar-refractivity contribution >= 4 is 13.7 Å². The van der Waals surface area contributed by atoms with Crippen LogP contribution in [-0.4, -0.2) is 73.4 Å². The third-order valence-electron chi connectivity index (χ3n) is 14.0. The van der Waals surface area contributed by atoms with Crippen LogP contribution in [0, 0.1) is 0 Å². The summed E-state index contributed by atoms with van der Waals surface area (Å²) in [5, 5.41) is 13.8.